The van der Waals surface area contributed by atoms with E-state index < -0.39 is 0 Å². The lowest BCUT2D eigenvalue weighted by molar-refractivity contribution is -0.0319. The summed E-state index contributed by atoms with van der Waals surface area (Å²) in [7, 11) is 1.61. The number of fused-ring (bicyclic) bond motifs is 2. The molecule has 0 aromatic carbocycles. The van der Waals surface area contributed by atoms with E-state index in [0.29, 0.717) is 6.61 Å². The molecule has 0 aromatic heterocycles. The van der Waals surface area contributed by atoms with E-state index in [0.717, 1.165) is 24.4 Å². The summed E-state index contributed by atoms with van der Waals surface area (Å²) in [6.07, 6.45) is 5.50. The number of hydrogen-bond donors (Lipinski definition) is 1. The third-order valence-electron chi connectivity index (χ3n) is 4.06. The molecule has 88 valence electrons. The number of rotatable bonds is 6. The molecule has 3 nitrogen and oxygen atoms in total. The molecular weight excluding hydrogens is 192 g/mol. The van der Waals surface area contributed by atoms with Crippen molar-refractivity contribution in [1.82, 2.24) is 0 Å². The average molecular weight is 214 g/mol. The molecule has 2 fully saturated rings. The van der Waals surface area contributed by atoms with Crippen LogP contribution in [0, 0.1) is 17.8 Å². The van der Waals surface area contributed by atoms with Gasteiger partial charge in [0.15, 0.2) is 0 Å². The normalized spacial score (nSPS) is 36.0. The number of aliphatic hydroxyl groups is 1. The van der Waals surface area contributed by atoms with E-state index in [1.165, 1.54) is 25.7 Å². The first-order valence-corrected chi connectivity index (χ1v) is 6.05. The van der Waals surface area contributed by atoms with Gasteiger partial charge >= 0.3 is 0 Å². The molecule has 0 aromatic rings. The second kappa shape index (κ2) is 5.28. The van der Waals surface area contributed by atoms with Gasteiger partial charge in [-0.05, 0) is 37.0 Å². The summed E-state index contributed by atoms with van der Waals surface area (Å²) in [5, 5.41) is 8.92. The van der Waals surface area contributed by atoms with E-state index in [-0.39, 0.29) is 12.7 Å². The van der Waals surface area contributed by atoms with Crippen LogP contribution in [0.3, 0.4) is 0 Å². The summed E-state index contributed by atoms with van der Waals surface area (Å²) in [5.74, 6) is 2.68. The SMILES string of the molecule is COC(CO)COCC1CC2CCC1C2. The summed E-state index contributed by atoms with van der Waals surface area (Å²) >= 11 is 0. The van der Waals surface area contributed by atoms with Gasteiger partial charge in [-0.3, -0.25) is 0 Å². The van der Waals surface area contributed by atoms with E-state index in [4.69, 9.17) is 14.6 Å². The van der Waals surface area contributed by atoms with Crippen LogP contribution in [0.5, 0.6) is 0 Å². The van der Waals surface area contributed by atoms with Crippen molar-refractivity contribution in [1.29, 1.82) is 0 Å². The zero-order valence-corrected chi connectivity index (χ0v) is 9.52. The topological polar surface area (TPSA) is 38.7 Å². The Morgan fingerprint density at radius 3 is 2.73 bits per heavy atom. The molecular formula is C12H22O3. The molecule has 1 N–H and O–H groups in total. The first-order chi connectivity index (χ1) is 7.33. The fraction of sp³-hybridized carbons (Fsp3) is 1.00. The van der Waals surface area contributed by atoms with Gasteiger partial charge in [-0.25, -0.2) is 0 Å². The van der Waals surface area contributed by atoms with E-state index in [1.54, 1.807) is 7.11 Å². The summed E-state index contributed by atoms with van der Waals surface area (Å²) < 4.78 is 10.7. The maximum absolute atomic E-state index is 8.92. The number of hydrogen-bond acceptors (Lipinski definition) is 3. The second-order valence-corrected chi connectivity index (χ2v) is 5.01. The molecule has 2 bridgehead atoms. The molecule has 0 amide bonds. The smallest absolute Gasteiger partial charge is 0.103 e. The van der Waals surface area contributed by atoms with Crippen molar-refractivity contribution in [3.63, 3.8) is 0 Å². The highest BCUT2D eigenvalue weighted by Crippen LogP contribution is 2.48. The van der Waals surface area contributed by atoms with Gasteiger partial charge in [0, 0.05) is 13.7 Å². The highest BCUT2D eigenvalue weighted by Gasteiger charge is 2.39. The van der Waals surface area contributed by atoms with Crippen molar-refractivity contribution in [3.05, 3.63) is 0 Å². The van der Waals surface area contributed by atoms with Gasteiger partial charge in [0.2, 0.25) is 0 Å². The summed E-state index contributed by atoms with van der Waals surface area (Å²) in [6, 6.07) is 0. The standard InChI is InChI=1S/C12H22O3/c1-14-12(6-13)8-15-7-11-5-9-2-3-10(11)4-9/h9-13H,2-8H2,1H3. The lowest BCUT2D eigenvalue weighted by atomic mass is 9.90. The van der Waals surface area contributed by atoms with Gasteiger partial charge < -0.3 is 14.6 Å². The first-order valence-electron chi connectivity index (χ1n) is 6.05. The van der Waals surface area contributed by atoms with Gasteiger partial charge in [0.05, 0.1) is 13.2 Å². The number of aliphatic hydroxyl groups excluding tert-OH is 1. The molecule has 0 radical (unpaired) electrons. The monoisotopic (exact) mass is 214 g/mol. The second-order valence-electron chi connectivity index (χ2n) is 5.01. The predicted molar refractivity (Wildman–Crippen MR) is 57.6 cm³/mol. The zero-order valence-electron chi connectivity index (χ0n) is 9.52. The van der Waals surface area contributed by atoms with Crippen LogP contribution in [0.1, 0.15) is 25.7 Å². The highest BCUT2D eigenvalue weighted by molar-refractivity contribution is 4.89. The molecule has 2 aliphatic rings. The van der Waals surface area contributed by atoms with E-state index in [9.17, 15) is 0 Å². The number of ether oxygens (including phenoxy) is 2. The Kier molecular flexibility index (Phi) is 4.00. The largest absolute Gasteiger partial charge is 0.394 e. The van der Waals surface area contributed by atoms with Gasteiger partial charge in [-0.1, -0.05) is 6.42 Å². The van der Waals surface area contributed by atoms with Crippen LogP contribution >= 0.6 is 0 Å². The summed E-state index contributed by atoms with van der Waals surface area (Å²) in [5.41, 5.74) is 0. The minimum atomic E-state index is -0.149. The van der Waals surface area contributed by atoms with Crippen LogP contribution in [0.4, 0.5) is 0 Å². The Bertz CT molecular complexity index is 191. The lowest BCUT2D eigenvalue weighted by Crippen LogP contribution is -2.25. The van der Waals surface area contributed by atoms with Gasteiger partial charge in [-0.2, -0.15) is 0 Å². The van der Waals surface area contributed by atoms with Gasteiger partial charge in [0.1, 0.15) is 6.10 Å². The molecule has 0 aliphatic heterocycles. The van der Waals surface area contributed by atoms with E-state index >= 15 is 0 Å². The minimum absolute atomic E-state index is 0.0488. The molecule has 0 heterocycles. The van der Waals surface area contributed by atoms with Crippen molar-refractivity contribution < 1.29 is 14.6 Å². The molecule has 2 saturated carbocycles. The zero-order chi connectivity index (χ0) is 10.7. The predicted octanol–water partition coefficient (Wildman–Crippen LogP) is 1.45. The third kappa shape index (κ3) is 2.71. The van der Waals surface area contributed by atoms with Crippen LogP contribution in [0.15, 0.2) is 0 Å². The highest BCUT2D eigenvalue weighted by atomic mass is 16.5. The molecule has 3 heteroatoms. The molecule has 2 aliphatic carbocycles. The lowest BCUT2D eigenvalue weighted by Gasteiger charge is -2.22. The Morgan fingerprint density at radius 1 is 1.33 bits per heavy atom. The quantitative estimate of drug-likeness (QED) is 0.727. The maximum atomic E-state index is 8.92. The molecule has 0 spiro atoms. The molecule has 0 saturated heterocycles. The Balaban J connectivity index is 1.62. The van der Waals surface area contributed by atoms with Crippen LogP contribution in [-0.4, -0.2) is 38.1 Å². The average Bonchev–Trinajstić information content (AvgIpc) is 2.86. The van der Waals surface area contributed by atoms with Crippen LogP contribution in [-0.2, 0) is 9.47 Å². The van der Waals surface area contributed by atoms with Crippen molar-refractivity contribution in [2.45, 2.75) is 31.8 Å². The number of methoxy groups -OCH3 is 1. The first kappa shape index (κ1) is 11.4. The molecule has 2 rings (SSSR count). The molecule has 15 heavy (non-hydrogen) atoms. The molecule has 4 atom stereocenters. The maximum Gasteiger partial charge on any atom is 0.103 e. The van der Waals surface area contributed by atoms with E-state index in [1.807, 2.05) is 0 Å². The third-order valence-corrected chi connectivity index (χ3v) is 4.06. The Morgan fingerprint density at radius 2 is 2.20 bits per heavy atom. The van der Waals surface area contributed by atoms with Gasteiger partial charge in [-0.15, -0.1) is 0 Å². The Hall–Kier alpha value is -0.120. The Labute approximate surface area is 91.8 Å². The van der Waals surface area contributed by atoms with Crippen molar-refractivity contribution in [2.24, 2.45) is 17.8 Å². The van der Waals surface area contributed by atoms with Crippen molar-refractivity contribution >= 4 is 0 Å². The fourth-order valence-corrected chi connectivity index (χ4v) is 3.13. The van der Waals surface area contributed by atoms with Crippen molar-refractivity contribution in [2.75, 3.05) is 26.9 Å². The fourth-order valence-electron chi connectivity index (χ4n) is 3.13. The van der Waals surface area contributed by atoms with Crippen LogP contribution < -0.4 is 0 Å². The molecule has 4 unspecified atom stereocenters. The van der Waals surface area contributed by atoms with Crippen LogP contribution in [0.25, 0.3) is 0 Å². The summed E-state index contributed by atoms with van der Waals surface area (Å²) in [6.45, 7) is 1.44. The van der Waals surface area contributed by atoms with Crippen LogP contribution in [0.2, 0.25) is 0 Å². The van der Waals surface area contributed by atoms with E-state index in [2.05, 4.69) is 0 Å². The summed E-state index contributed by atoms with van der Waals surface area (Å²) in [4.78, 5) is 0. The minimum Gasteiger partial charge on any atom is -0.394 e. The van der Waals surface area contributed by atoms with Gasteiger partial charge in [0.25, 0.3) is 0 Å². The van der Waals surface area contributed by atoms with Crippen molar-refractivity contribution in [3.8, 4) is 0 Å².